The summed E-state index contributed by atoms with van der Waals surface area (Å²) in [6.07, 6.45) is 52.6. The molecule has 0 aromatic rings. The first-order chi connectivity index (χ1) is 48.8. The molecular formula is C81H145NO18. The van der Waals surface area contributed by atoms with E-state index in [2.05, 4.69) is 92.1 Å². The zero-order chi connectivity index (χ0) is 72.5. The summed E-state index contributed by atoms with van der Waals surface area (Å²) in [5.74, 6) is -0.247. The Morgan fingerprint density at radius 3 is 1.08 bits per heavy atom. The van der Waals surface area contributed by atoms with E-state index >= 15 is 0 Å². The molecule has 0 radical (unpaired) electrons. The summed E-state index contributed by atoms with van der Waals surface area (Å²) in [6, 6.07) is -0.896. The van der Waals surface area contributed by atoms with Crippen molar-refractivity contribution in [1.82, 2.24) is 5.32 Å². The van der Waals surface area contributed by atoms with Crippen molar-refractivity contribution in [2.75, 3.05) is 26.4 Å². The molecule has 3 aliphatic rings. The fourth-order valence-electron chi connectivity index (χ4n) is 13.4. The molecule has 0 aromatic carbocycles. The lowest BCUT2D eigenvalue weighted by Gasteiger charge is -2.48. The van der Waals surface area contributed by atoms with E-state index in [-0.39, 0.29) is 18.9 Å². The van der Waals surface area contributed by atoms with E-state index in [0.29, 0.717) is 12.8 Å². The fourth-order valence-corrected chi connectivity index (χ4v) is 13.4. The number of allylic oxidation sites excluding steroid dienone is 12. The van der Waals surface area contributed by atoms with E-state index in [1.807, 2.05) is 0 Å². The molecule has 17 unspecified atom stereocenters. The van der Waals surface area contributed by atoms with Crippen molar-refractivity contribution >= 4 is 5.91 Å². The molecule has 3 saturated heterocycles. The number of nitrogens with one attached hydrogen (secondary N) is 1. The van der Waals surface area contributed by atoms with Crippen LogP contribution in [0.25, 0.3) is 0 Å². The van der Waals surface area contributed by atoms with Crippen LogP contribution in [0.5, 0.6) is 0 Å². The lowest BCUT2D eigenvalue weighted by Crippen LogP contribution is -2.66. The lowest BCUT2D eigenvalue weighted by atomic mass is 9.96. The molecular weight excluding hydrogens is 1270 g/mol. The van der Waals surface area contributed by atoms with Gasteiger partial charge >= 0.3 is 0 Å². The Morgan fingerprint density at radius 1 is 0.370 bits per heavy atom. The number of carbonyl (C=O) groups is 1. The molecule has 0 bridgehead atoms. The van der Waals surface area contributed by atoms with Gasteiger partial charge in [0.2, 0.25) is 5.91 Å². The smallest absolute Gasteiger partial charge is 0.220 e. The van der Waals surface area contributed by atoms with Crippen molar-refractivity contribution in [3.05, 3.63) is 72.9 Å². The van der Waals surface area contributed by atoms with E-state index in [0.717, 1.165) is 96.3 Å². The molecule has 1 amide bonds. The van der Waals surface area contributed by atoms with Crippen molar-refractivity contribution < 1.29 is 89.4 Å². The van der Waals surface area contributed by atoms with Gasteiger partial charge in [0.1, 0.15) is 73.2 Å². The maximum atomic E-state index is 13.5. The van der Waals surface area contributed by atoms with Crippen LogP contribution in [0, 0.1) is 0 Å². The second kappa shape index (κ2) is 61.4. The second-order valence-corrected chi connectivity index (χ2v) is 28.5. The van der Waals surface area contributed by atoms with Crippen LogP contribution < -0.4 is 5.32 Å². The molecule has 582 valence electrons. The number of hydrogen-bond donors (Lipinski definition) is 12. The van der Waals surface area contributed by atoms with Crippen molar-refractivity contribution in [3.63, 3.8) is 0 Å². The third kappa shape index (κ3) is 41.2. The Kier molecular flexibility index (Phi) is 56.1. The Labute approximate surface area is 604 Å². The zero-order valence-corrected chi connectivity index (χ0v) is 62.2. The van der Waals surface area contributed by atoms with E-state index in [4.69, 9.17) is 28.4 Å². The van der Waals surface area contributed by atoms with E-state index in [1.54, 1.807) is 0 Å². The molecule has 19 nitrogen and oxygen atoms in total. The fraction of sp³-hybridized carbons (Fsp3) is 0.840. The number of hydrogen-bond acceptors (Lipinski definition) is 18. The Balaban J connectivity index is 1.38. The van der Waals surface area contributed by atoms with Crippen molar-refractivity contribution in [3.8, 4) is 0 Å². The molecule has 12 N–H and O–H groups in total. The number of aliphatic hydroxyl groups is 11. The number of unbranched alkanes of at least 4 members (excludes halogenated alkanes) is 35. The normalized spacial score (nSPS) is 26.8. The number of amides is 1. The highest BCUT2D eigenvalue weighted by Crippen LogP contribution is 2.33. The van der Waals surface area contributed by atoms with E-state index in [1.165, 1.54) is 173 Å². The van der Waals surface area contributed by atoms with Crippen LogP contribution in [0.4, 0.5) is 0 Å². The summed E-state index contributed by atoms with van der Waals surface area (Å²) in [5, 5.41) is 121. The molecule has 0 aliphatic carbocycles. The van der Waals surface area contributed by atoms with Gasteiger partial charge in [-0.25, -0.2) is 0 Å². The molecule has 0 saturated carbocycles. The highest BCUT2D eigenvalue weighted by Gasteiger charge is 2.54. The largest absolute Gasteiger partial charge is 0.394 e. The first-order valence-electron chi connectivity index (χ1n) is 40.2. The van der Waals surface area contributed by atoms with Gasteiger partial charge in [0.05, 0.1) is 38.6 Å². The highest BCUT2D eigenvalue weighted by atomic mass is 16.8. The Hall–Kier alpha value is -2.77. The molecule has 0 spiro atoms. The Bertz CT molecular complexity index is 2090. The van der Waals surface area contributed by atoms with Crippen molar-refractivity contribution in [2.45, 2.75) is 407 Å². The topological polar surface area (TPSA) is 307 Å². The molecule has 17 atom stereocenters. The van der Waals surface area contributed by atoms with Gasteiger partial charge in [0.15, 0.2) is 18.9 Å². The van der Waals surface area contributed by atoms with Gasteiger partial charge in [0, 0.05) is 6.42 Å². The van der Waals surface area contributed by atoms with E-state index < -0.39 is 124 Å². The summed E-state index contributed by atoms with van der Waals surface area (Å²) < 4.78 is 34.5. The molecule has 19 heteroatoms. The highest BCUT2D eigenvalue weighted by molar-refractivity contribution is 5.76. The molecule has 3 heterocycles. The minimum atomic E-state index is -1.98. The maximum absolute atomic E-state index is 13.5. The van der Waals surface area contributed by atoms with Gasteiger partial charge in [-0.05, 0) is 64.2 Å². The maximum Gasteiger partial charge on any atom is 0.220 e. The van der Waals surface area contributed by atoms with Gasteiger partial charge in [-0.2, -0.15) is 0 Å². The van der Waals surface area contributed by atoms with Gasteiger partial charge in [-0.3, -0.25) is 4.79 Å². The van der Waals surface area contributed by atoms with Gasteiger partial charge in [0.25, 0.3) is 0 Å². The summed E-state index contributed by atoms with van der Waals surface area (Å²) in [5.41, 5.74) is 0. The number of carbonyl (C=O) groups excluding carboxylic acids is 1. The van der Waals surface area contributed by atoms with Gasteiger partial charge in [-0.15, -0.1) is 0 Å². The first-order valence-corrected chi connectivity index (χ1v) is 40.2. The van der Waals surface area contributed by atoms with Crippen LogP contribution >= 0.6 is 0 Å². The minimum Gasteiger partial charge on any atom is -0.394 e. The Morgan fingerprint density at radius 2 is 0.690 bits per heavy atom. The summed E-state index contributed by atoms with van der Waals surface area (Å²) in [6.45, 7) is 1.72. The number of ether oxygens (including phenoxy) is 6. The van der Waals surface area contributed by atoms with Crippen LogP contribution in [0.3, 0.4) is 0 Å². The quantitative estimate of drug-likeness (QED) is 0.0199. The van der Waals surface area contributed by atoms with Crippen LogP contribution in [0.1, 0.15) is 303 Å². The average molecular weight is 1420 g/mol. The third-order valence-corrected chi connectivity index (χ3v) is 19.8. The predicted octanol–water partition coefficient (Wildman–Crippen LogP) is 13.2. The van der Waals surface area contributed by atoms with Gasteiger partial charge in [-0.1, -0.05) is 305 Å². The summed E-state index contributed by atoms with van der Waals surface area (Å²) in [7, 11) is 0. The monoisotopic (exact) mass is 1420 g/mol. The van der Waals surface area contributed by atoms with Gasteiger partial charge < -0.3 is 89.9 Å². The lowest BCUT2D eigenvalue weighted by molar-refractivity contribution is -0.379. The van der Waals surface area contributed by atoms with Crippen LogP contribution in [-0.2, 0) is 33.2 Å². The molecule has 0 aromatic heterocycles. The molecule has 3 aliphatic heterocycles. The zero-order valence-electron chi connectivity index (χ0n) is 62.2. The van der Waals surface area contributed by atoms with Crippen LogP contribution in [0.15, 0.2) is 72.9 Å². The van der Waals surface area contributed by atoms with Crippen LogP contribution in [0.2, 0.25) is 0 Å². The van der Waals surface area contributed by atoms with E-state index in [9.17, 15) is 61.0 Å². The molecule has 100 heavy (non-hydrogen) atoms. The SMILES string of the molecule is CC/C=C\C/C=C\C/C=C\C/C=C\C/C=C\C/C=C\CCCCCCCCCCCCC(=O)NC(COC1OC(CO)C(OC2OC(CO)C(OC3OC(CO)C(O)C(O)C3O)C(O)C2O)C(O)C1O)C(O)CCCCCCCCCCCCCCCCCCCCCCCCCCCC. The summed E-state index contributed by atoms with van der Waals surface area (Å²) >= 11 is 0. The number of aliphatic hydroxyl groups excluding tert-OH is 11. The second-order valence-electron chi connectivity index (χ2n) is 28.5. The molecule has 3 fully saturated rings. The van der Waals surface area contributed by atoms with Crippen LogP contribution in [-0.4, -0.2) is 193 Å². The molecule has 3 rings (SSSR count). The summed E-state index contributed by atoms with van der Waals surface area (Å²) in [4.78, 5) is 13.5. The minimum absolute atomic E-state index is 0.247. The van der Waals surface area contributed by atoms with Crippen molar-refractivity contribution in [2.24, 2.45) is 0 Å². The predicted molar refractivity (Wildman–Crippen MR) is 397 cm³/mol. The third-order valence-electron chi connectivity index (χ3n) is 19.8. The standard InChI is InChI=1S/C81H145NO18/c1-3-5-7-9-11-13-15-17-19-21-23-25-27-29-31-32-33-35-37-39-41-43-45-47-49-51-53-55-57-59-69(87)82-64(65(86)58-56-54-52-50-48-46-44-42-40-38-36-34-30-28-26-24-22-20-18-16-14-12-10-8-6-4-2)63-95-79-75(93)72(90)77(67(61-84)97-79)100-81-76(94)73(91)78(68(62-85)98-81)99-80-74(92)71(89)70(88)66(60-83)96-80/h5,7,11,13,17,19,23,25,29,31,33,35,64-68,70-81,83-86,88-94H,3-4,6,8-10,12,14-16,18,20-22,24,26-28,30,32,34,36-63H2,1-2H3,(H,82,87)/b7-5-,13-11-,19-17-,25-23-,31-29-,35-33-. The van der Waals surface area contributed by atoms with Crippen molar-refractivity contribution in [1.29, 1.82) is 0 Å². The number of rotatable bonds is 63. The average Bonchev–Trinajstić information content (AvgIpc) is 0.783. The first kappa shape index (κ1) is 91.4.